The zero-order chi connectivity index (χ0) is 24.3. The van der Waals surface area contributed by atoms with E-state index in [0.29, 0.717) is 0 Å². The summed E-state index contributed by atoms with van der Waals surface area (Å²) < 4.78 is 5.79. The van der Waals surface area contributed by atoms with Crippen LogP contribution in [0, 0.1) is 13.8 Å². The molecule has 3 aliphatic heterocycles. The SMILES string of the molecule is COc1cc(N)cc2c1C(C)C=C1N(C2)C(=C2CC2)NC12CCN(Cc1cc(C)cc(C)c1)CC2. The fraction of sp³-hybridized carbons (Fsp3) is 0.467. The predicted octanol–water partition coefficient (Wildman–Crippen LogP) is 5.34. The maximum absolute atomic E-state index is 6.28. The van der Waals surface area contributed by atoms with E-state index in [1.807, 2.05) is 6.07 Å². The second-order valence-corrected chi connectivity index (χ2v) is 11.2. The molecule has 1 saturated carbocycles. The zero-order valence-corrected chi connectivity index (χ0v) is 21.6. The first-order chi connectivity index (χ1) is 16.8. The zero-order valence-electron chi connectivity index (χ0n) is 21.6. The van der Waals surface area contributed by atoms with Gasteiger partial charge in [0, 0.05) is 55.1 Å². The molecule has 6 rings (SSSR count). The average Bonchev–Trinajstić information content (AvgIpc) is 3.62. The Morgan fingerprint density at radius 1 is 1.06 bits per heavy atom. The molecule has 1 unspecified atom stereocenters. The van der Waals surface area contributed by atoms with Crippen molar-refractivity contribution in [2.45, 2.75) is 71.0 Å². The second-order valence-electron chi connectivity index (χ2n) is 11.2. The molecule has 1 aliphatic carbocycles. The normalized spacial score (nSPS) is 22.9. The summed E-state index contributed by atoms with van der Waals surface area (Å²) in [5.41, 5.74) is 16.8. The van der Waals surface area contributed by atoms with Crippen LogP contribution in [0.4, 0.5) is 5.69 Å². The van der Waals surface area contributed by atoms with Crippen molar-refractivity contribution in [2.24, 2.45) is 0 Å². The molecule has 184 valence electrons. The highest BCUT2D eigenvalue weighted by Gasteiger charge is 2.49. The molecule has 35 heavy (non-hydrogen) atoms. The molecular formula is C30H38N4O. The Hall–Kier alpha value is -2.92. The van der Waals surface area contributed by atoms with Crippen LogP contribution < -0.4 is 15.8 Å². The molecule has 2 saturated heterocycles. The number of aryl methyl sites for hydroxylation is 2. The van der Waals surface area contributed by atoms with Crippen molar-refractivity contribution in [3.05, 3.63) is 81.3 Å². The molecule has 3 N–H and O–H groups in total. The summed E-state index contributed by atoms with van der Waals surface area (Å²) >= 11 is 0. The number of methoxy groups -OCH3 is 1. The van der Waals surface area contributed by atoms with E-state index in [2.05, 4.69) is 66.2 Å². The first-order valence-corrected chi connectivity index (χ1v) is 13.1. The van der Waals surface area contributed by atoms with Gasteiger partial charge in [0.05, 0.1) is 12.6 Å². The van der Waals surface area contributed by atoms with Gasteiger partial charge in [-0.05, 0) is 62.3 Å². The molecule has 0 amide bonds. The molecule has 5 nitrogen and oxygen atoms in total. The van der Waals surface area contributed by atoms with Crippen molar-refractivity contribution in [1.82, 2.24) is 15.1 Å². The Bertz CT molecular complexity index is 1210. The number of hydrogen-bond donors (Lipinski definition) is 2. The molecule has 5 heteroatoms. The minimum atomic E-state index is 0.0129. The van der Waals surface area contributed by atoms with Crippen molar-refractivity contribution in [1.29, 1.82) is 0 Å². The Kier molecular flexibility index (Phi) is 5.37. The van der Waals surface area contributed by atoms with Crippen LogP contribution in [0.15, 0.2) is 53.5 Å². The van der Waals surface area contributed by atoms with Gasteiger partial charge >= 0.3 is 0 Å². The van der Waals surface area contributed by atoms with Gasteiger partial charge in [0.1, 0.15) is 11.6 Å². The van der Waals surface area contributed by atoms with Gasteiger partial charge in [0.25, 0.3) is 0 Å². The second kappa shape index (κ2) is 8.34. The van der Waals surface area contributed by atoms with Gasteiger partial charge in [-0.2, -0.15) is 0 Å². The van der Waals surface area contributed by atoms with E-state index in [9.17, 15) is 0 Å². The third-order valence-corrected chi connectivity index (χ3v) is 8.30. The number of likely N-dealkylation sites (tertiary alicyclic amines) is 1. The number of nitrogens with one attached hydrogen (secondary N) is 1. The van der Waals surface area contributed by atoms with Gasteiger partial charge in [-0.1, -0.05) is 42.3 Å². The number of nitrogen functional groups attached to an aromatic ring is 1. The van der Waals surface area contributed by atoms with Crippen LogP contribution in [-0.4, -0.2) is 35.5 Å². The summed E-state index contributed by atoms with van der Waals surface area (Å²) in [7, 11) is 1.76. The summed E-state index contributed by atoms with van der Waals surface area (Å²) in [5.74, 6) is 2.55. The van der Waals surface area contributed by atoms with Crippen molar-refractivity contribution in [3.63, 3.8) is 0 Å². The van der Waals surface area contributed by atoms with Gasteiger partial charge in [-0.3, -0.25) is 4.90 Å². The topological polar surface area (TPSA) is 53.8 Å². The Morgan fingerprint density at radius 2 is 1.77 bits per heavy atom. The molecule has 2 aromatic rings. The number of allylic oxidation sites excluding steroid dienone is 2. The van der Waals surface area contributed by atoms with E-state index in [0.717, 1.165) is 50.5 Å². The van der Waals surface area contributed by atoms with E-state index in [-0.39, 0.29) is 11.5 Å². The average molecular weight is 471 g/mol. The van der Waals surface area contributed by atoms with Crippen LogP contribution in [0.5, 0.6) is 5.75 Å². The lowest BCUT2D eigenvalue weighted by Crippen LogP contribution is -2.50. The molecule has 2 aromatic carbocycles. The first kappa shape index (κ1) is 22.5. The number of nitrogens with two attached hydrogens (primary N) is 1. The van der Waals surface area contributed by atoms with E-state index in [4.69, 9.17) is 10.5 Å². The van der Waals surface area contributed by atoms with Crippen LogP contribution in [0.3, 0.4) is 0 Å². The van der Waals surface area contributed by atoms with Crippen molar-refractivity contribution >= 4 is 5.69 Å². The van der Waals surface area contributed by atoms with Gasteiger partial charge < -0.3 is 20.7 Å². The number of hydrogen-bond acceptors (Lipinski definition) is 5. The van der Waals surface area contributed by atoms with Crippen molar-refractivity contribution in [2.75, 3.05) is 25.9 Å². The smallest absolute Gasteiger partial charge is 0.125 e. The Balaban J connectivity index is 1.30. The lowest BCUT2D eigenvalue weighted by molar-refractivity contribution is 0.160. The van der Waals surface area contributed by atoms with Gasteiger partial charge in [0.2, 0.25) is 0 Å². The molecule has 1 atom stereocenters. The van der Waals surface area contributed by atoms with Crippen LogP contribution in [-0.2, 0) is 13.1 Å². The summed E-state index contributed by atoms with van der Waals surface area (Å²) in [4.78, 5) is 5.20. The monoisotopic (exact) mass is 470 g/mol. The first-order valence-electron chi connectivity index (χ1n) is 13.1. The summed E-state index contributed by atoms with van der Waals surface area (Å²) in [6, 6.07) is 11.1. The molecular weight excluding hydrogens is 432 g/mol. The number of benzene rings is 2. The van der Waals surface area contributed by atoms with Gasteiger partial charge in [0.15, 0.2) is 0 Å². The number of fused-ring (bicyclic) bond motifs is 3. The summed E-state index contributed by atoms with van der Waals surface area (Å²) in [5, 5.41) is 4.08. The quantitative estimate of drug-likeness (QED) is 0.593. The number of rotatable bonds is 3. The van der Waals surface area contributed by atoms with E-state index in [1.54, 1.807) is 12.7 Å². The van der Waals surface area contributed by atoms with E-state index >= 15 is 0 Å². The fourth-order valence-electron chi connectivity index (χ4n) is 6.64. The summed E-state index contributed by atoms with van der Waals surface area (Å²) in [6.45, 7) is 10.8. The molecule has 0 bridgehead atoms. The van der Waals surface area contributed by atoms with Crippen LogP contribution in [0.2, 0.25) is 0 Å². The molecule has 1 spiro atoms. The molecule has 0 radical (unpaired) electrons. The Morgan fingerprint density at radius 3 is 2.43 bits per heavy atom. The number of anilines is 1. The highest BCUT2D eigenvalue weighted by atomic mass is 16.5. The number of ether oxygens (including phenoxy) is 1. The van der Waals surface area contributed by atoms with E-state index in [1.165, 1.54) is 52.2 Å². The van der Waals surface area contributed by atoms with Crippen molar-refractivity contribution in [3.8, 4) is 5.75 Å². The van der Waals surface area contributed by atoms with Gasteiger partial charge in [-0.25, -0.2) is 0 Å². The number of nitrogens with zero attached hydrogens (tertiary/aromatic N) is 2. The number of piperidine rings is 1. The largest absolute Gasteiger partial charge is 0.496 e. The van der Waals surface area contributed by atoms with Gasteiger partial charge in [-0.15, -0.1) is 0 Å². The van der Waals surface area contributed by atoms with Crippen LogP contribution in [0.25, 0.3) is 0 Å². The minimum Gasteiger partial charge on any atom is -0.496 e. The third kappa shape index (κ3) is 4.00. The lowest BCUT2D eigenvalue weighted by Gasteiger charge is -2.40. The minimum absolute atomic E-state index is 0.0129. The van der Waals surface area contributed by atoms with Crippen LogP contribution in [0.1, 0.15) is 66.3 Å². The van der Waals surface area contributed by atoms with Crippen molar-refractivity contribution < 1.29 is 4.74 Å². The maximum atomic E-state index is 6.28. The molecule has 3 heterocycles. The predicted molar refractivity (Wildman–Crippen MR) is 142 cm³/mol. The van der Waals surface area contributed by atoms with E-state index < -0.39 is 0 Å². The summed E-state index contributed by atoms with van der Waals surface area (Å²) in [6.07, 6.45) is 7.18. The third-order valence-electron chi connectivity index (χ3n) is 8.30. The van der Waals surface area contributed by atoms with Crippen LogP contribution >= 0.6 is 0 Å². The molecule has 0 aromatic heterocycles. The lowest BCUT2D eigenvalue weighted by atomic mass is 9.83. The molecule has 3 fully saturated rings. The maximum Gasteiger partial charge on any atom is 0.125 e. The molecule has 4 aliphatic rings. The standard InChI is InChI=1S/C30H38N4O/c1-19-11-20(2)13-22(12-19)17-33-9-7-30(8-10-33)27-14-21(3)28-24(15-25(31)16-26(28)35-4)18-34(27)29(32-30)23-5-6-23/h11-16,21,32H,5-10,17-18,31H2,1-4H3. The Labute approximate surface area is 209 Å². The fourth-order valence-corrected chi connectivity index (χ4v) is 6.64. The highest BCUT2D eigenvalue weighted by molar-refractivity contribution is 5.57. The highest BCUT2D eigenvalue weighted by Crippen LogP contribution is 2.49.